The summed E-state index contributed by atoms with van der Waals surface area (Å²) in [7, 11) is 1.72. The molecule has 1 aromatic carbocycles. The summed E-state index contributed by atoms with van der Waals surface area (Å²) in [6.45, 7) is 11.0. The fraction of sp³-hybridized carbons (Fsp3) is 0.733. The van der Waals surface area contributed by atoms with E-state index in [9.17, 15) is 5.11 Å². The van der Waals surface area contributed by atoms with Gasteiger partial charge in [0.15, 0.2) is 0 Å². The van der Waals surface area contributed by atoms with Gasteiger partial charge in [-0.2, -0.15) is 0 Å². The maximum Gasteiger partial charge on any atom is 0.115 e. The minimum atomic E-state index is 0.200. The van der Waals surface area contributed by atoms with E-state index in [1.807, 2.05) is 6.07 Å². The average Bonchev–Trinajstić information content (AvgIpc) is 3.63. The number of hydrogen-bond acceptors (Lipinski definition) is 5. The maximum absolute atomic E-state index is 10.4. The molecule has 194 valence electrons. The number of ether oxygens (including phenoxy) is 1. The molecule has 4 aliphatic rings. The minimum Gasteiger partial charge on any atom is -0.508 e. The molecular weight excluding hydrogens is 434 g/mol. The van der Waals surface area contributed by atoms with Crippen LogP contribution in [-0.4, -0.2) is 55.4 Å². The Morgan fingerprint density at radius 2 is 2.11 bits per heavy atom. The number of fused-ring (bicyclic) bond motifs is 3. The highest BCUT2D eigenvalue weighted by Gasteiger charge is 2.69. The lowest BCUT2D eigenvalue weighted by molar-refractivity contribution is -0.0692. The molecular formula is C30H47N3O2. The molecule has 3 aliphatic carbocycles. The number of unbranched alkanes of at least 4 members (excludes halogenated alkanes) is 2. The molecule has 1 spiro atoms. The molecule has 3 fully saturated rings. The van der Waals surface area contributed by atoms with Crippen molar-refractivity contribution < 1.29 is 9.84 Å². The summed E-state index contributed by atoms with van der Waals surface area (Å²) in [6.07, 6.45) is 12.1. The molecule has 35 heavy (non-hydrogen) atoms. The van der Waals surface area contributed by atoms with Crippen LogP contribution in [0.3, 0.4) is 0 Å². The molecule has 0 amide bonds. The van der Waals surface area contributed by atoms with Crippen LogP contribution in [0.4, 0.5) is 0 Å². The normalized spacial score (nSPS) is 32.0. The van der Waals surface area contributed by atoms with Gasteiger partial charge < -0.3 is 20.9 Å². The molecule has 1 heterocycles. The first-order chi connectivity index (χ1) is 16.9. The molecule has 4 N–H and O–H groups in total. The number of phenolic OH excluding ortho intramolecular Hbond substituents is 1. The quantitative estimate of drug-likeness (QED) is 0.265. The number of nitrogens with one attached hydrogen (secondary N) is 1. The van der Waals surface area contributed by atoms with Crippen molar-refractivity contribution in [3.05, 3.63) is 41.7 Å². The second-order valence-corrected chi connectivity index (χ2v) is 12.2. The lowest BCUT2D eigenvalue weighted by Crippen LogP contribution is -2.64. The minimum absolute atomic E-state index is 0.200. The maximum atomic E-state index is 10.4. The third kappa shape index (κ3) is 4.65. The zero-order valence-corrected chi connectivity index (χ0v) is 22.0. The van der Waals surface area contributed by atoms with Gasteiger partial charge >= 0.3 is 0 Å². The van der Waals surface area contributed by atoms with E-state index in [4.69, 9.17) is 10.5 Å². The Morgan fingerprint density at radius 1 is 1.29 bits per heavy atom. The first-order valence-corrected chi connectivity index (χ1v) is 14.1. The van der Waals surface area contributed by atoms with Crippen LogP contribution in [0.5, 0.6) is 5.75 Å². The number of nitrogens with zero attached hydrogens (tertiary/aromatic N) is 1. The Bertz CT molecular complexity index is 915. The van der Waals surface area contributed by atoms with Gasteiger partial charge in [-0.15, -0.1) is 0 Å². The first-order valence-electron chi connectivity index (χ1n) is 14.1. The number of likely N-dealkylation sites (tertiary alicyclic amines) is 1. The van der Waals surface area contributed by atoms with Crippen LogP contribution in [0.25, 0.3) is 0 Å². The van der Waals surface area contributed by atoms with Gasteiger partial charge in [-0.25, -0.2) is 0 Å². The Balaban J connectivity index is 1.25. The van der Waals surface area contributed by atoms with Gasteiger partial charge in [0, 0.05) is 30.0 Å². The van der Waals surface area contributed by atoms with Crippen LogP contribution in [0, 0.1) is 17.3 Å². The Morgan fingerprint density at radius 3 is 2.86 bits per heavy atom. The van der Waals surface area contributed by atoms with Crippen molar-refractivity contribution in [3.8, 4) is 5.75 Å². The molecule has 1 aliphatic heterocycles. The average molecular weight is 482 g/mol. The van der Waals surface area contributed by atoms with Crippen molar-refractivity contribution >= 4 is 0 Å². The van der Waals surface area contributed by atoms with Crippen LogP contribution >= 0.6 is 0 Å². The molecule has 3 unspecified atom stereocenters. The summed E-state index contributed by atoms with van der Waals surface area (Å²) < 4.78 is 5.45. The fourth-order valence-corrected chi connectivity index (χ4v) is 8.21. The molecule has 5 rings (SSSR count). The summed E-state index contributed by atoms with van der Waals surface area (Å²) in [4.78, 5) is 2.83. The summed E-state index contributed by atoms with van der Waals surface area (Å²) >= 11 is 0. The second kappa shape index (κ2) is 10.1. The molecule has 0 aromatic heterocycles. The Hall–Kier alpha value is -1.56. The van der Waals surface area contributed by atoms with Crippen LogP contribution in [0.1, 0.15) is 75.8 Å². The van der Waals surface area contributed by atoms with Crippen molar-refractivity contribution in [1.82, 2.24) is 10.2 Å². The van der Waals surface area contributed by atoms with Crippen LogP contribution in [-0.2, 0) is 16.6 Å². The van der Waals surface area contributed by atoms with Crippen molar-refractivity contribution in [3.63, 3.8) is 0 Å². The largest absolute Gasteiger partial charge is 0.508 e. The van der Waals surface area contributed by atoms with Gasteiger partial charge in [-0.1, -0.05) is 32.4 Å². The van der Waals surface area contributed by atoms with E-state index in [2.05, 4.69) is 35.9 Å². The number of phenols is 1. The Labute approximate surface area is 212 Å². The number of benzene rings is 1. The van der Waals surface area contributed by atoms with Crippen LogP contribution < -0.4 is 11.1 Å². The summed E-state index contributed by atoms with van der Waals surface area (Å²) in [5.41, 5.74) is 9.30. The first kappa shape index (κ1) is 25.1. The van der Waals surface area contributed by atoms with Crippen LogP contribution in [0.15, 0.2) is 30.5 Å². The highest BCUT2D eigenvalue weighted by molar-refractivity contribution is 5.48. The number of hydrogen-bond donors (Lipinski definition) is 3. The molecule has 1 saturated heterocycles. The van der Waals surface area contributed by atoms with E-state index in [1.165, 1.54) is 62.7 Å². The topological polar surface area (TPSA) is 70.8 Å². The number of rotatable bonds is 14. The number of nitrogens with two attached hydrogens (primary N) is 1. The fourth-order valence-electron chi connectivity index (χ4n) is 8.21. The predicted octanol–water partition coefficient (Wildman–Crippen LogP) is 4.72. The summed E-state index contributed by atoms with van der Waals surface area (Å²) in [6, 6.07) is 7.17. The van der Waals surface area contributed by atoms with Crippen LogP contribution in [0.2, 0.25) is 0 Å². The molecule has 1 aromatic rings. The summed E-state index contributed by atoms with van der Waals surface area (Å²) in [5, 5.41) is 14.1. The van der Waals surface area contributed by atoms with Gasteiger partial charge in [0.1, 0.15) is 11.5 Å². The molecule has 5 nitrogen and oxygen atoms in total. The standard InChI is InChI=1S/C30H47N3O2/c1-21-28-29(20-33(28)18-23-9-10-23)17-24-11-12-25(34)16-26(24)30(21,19-29)13-5-7-15-32-27(22(2)35-3)8-4-6-14-31/h11-12,16,21,23,27-28,32,34H,2,4-10,13-15,17-20,31H2,1,3H3/t21-,27-,28?,29?,30?/m0/s1. The van der Waals surface area contributed by atoms with Crippen molar-refractivity contribution in [1.29, 1.82) is 0 Å². The molecule has 0 radical (unpaired) electrons. The highest BCUT2D eigenvalue weighted by atomic mass is 16.5. The summed E-state index contributed by atoms with van der Waals surface area (Å²) in [5.74, 6) is 2.85. The SMILES string of the molecule is C=C(OC)[C@H](CCCCN)NCCCCC12CC3(Cc4ccc(O)cc41)CN(CC1CC1)C3[C@@H]2C. The smallest absolute Gasteiger partial charge is 0.115 e. The van der Waals surface area contributed by atoms with E-state index >= 15 is 0 Å². The lowest BCUT2D eigenvalue weighted by atomic mass is 9.61. The van der Waals surface area contributed by atoms with Crippen molar-refractivity contribution in [2.24, 2.45) is 23.0 Å². The van der Waals surface area contributed by atoms with Gasteiger partial charge in [-0.3, -0.25) is 4.90 Å². The molecule has 5 heteroatoms. The Kier molecular flexibility index (Phi) is 7.22. The highest BCUT2D eigenvalue weighted by Crippen LogP contribution is 2.68. The zero-order chi connectivity index (χ0) is 24.6. The second-order valence-electron chi connectivity index (χ2n) is 12.2. The van der Waals surface area contributed by atoms with Crippen molar-refractivity contribution in [2.75, 3.05) is 33.3 Å². The van der Waals surface area contributed by atoms with E-state index in [-0.39, 0.29) is 11.5 Å². The monoisotopic (exact) mass is 481 g/mol. The number of aromatic hydroxyl groups is 1. The predicted molar refractivity (Wildman–Crippen MR) is 142 cm³/mol. The molecule has 2 bridgehead atoms. The van der Waals surface area contributed by atoms with Gasteiger partial charge in [0.2, 0.25) is 0 Å². The third-order valence-electron chi connectivity index (χ3n) is 9.95. The third-order valence-corrected chi connectivity index (χ3v) is 9.95. The van der Waals surface area contributed by atoms with E-state index in [0.717, 1.165) is 50.4 Å². The van der Waals surface area contributed by atoms with Gasteiger partial charge in [-0.05, 0) is 99.6 Å². The number of methoxy groups -OCH3 is 1. The molecule has 2 saturated carbocycles. The van der Waals surface area contributed by atoms with E-state index in [1.54, 1.807) is 7.11 Å². The zero-order valence-electron chi connectivity index (χ0n) is 22.0. The van der Waals surface area contributed by atoms with Crippen molar-refractivity contribution in [2.45, 2.75) is 88.6 Å². The van der Waals surface area contributed by atoms with E-state index < -0.39 is 0 Å². The van der Waals surface area contributed by atoms with Gasteiger partial charge in [0.05, 0.1) is 13.2 Å². The molecule has 5 atom stereocenters. The lowest BCUT2D eigenvalue weighted by Gasteiger charge is -2.56. The van der Waals surface area contributed by atoms with Gasteiger partial charge in [0.25, 0.3) is 0 Å². The van der Waals surface area contributed by atoms with E-state index in [0.29, 0.717) is 23.1 Å².